The van der Waals surface area contributed by atoms with Crippen molar-refractivity contribution in [1.82, 2.24) is 9.55 Å². The average Bonchev–Trinajstić information content (AvgIpc) is 2.53. The summed E-state index contributed by atoms with van der Waals surface area (Å²) >= 11 is 0. The molecule has 174 valence electrons. The fourth-order valence-electron chi connectivity index (χ4n) is 2.63. The standard InChI is InChI=1S/C18H34N2O8P2/c1-14(2)26-29(23,13-30(24,27-15(3)4)28-16(5)6)12-11-25-10-9-20-8-7-17(21)19-18(20)22/h7-8,14-16H,9-13H2,1-6H3,(H,19,21,22). The second-order valence-electron chi connectivity index (χ2n) is 7.67. The summed E-state index contributed by atoms with van der Waals surface area (Å²) in [6, 6.07) is 1.24. The summed E-state index contributed by atoms with van der Waals surface area (Å²) in [5.41, 5.74) is -1.00. The Morgan fingerprint density at radius 1 is 0.933 bits per heavy atom. The van der Waals surface area contributed by atoms with Crippen LogP contribution in [0, 0.1) is 0 Å². The summed E-state index contributed by atoms with van der Waals surface area (Å²) < 4.78 is 50.0. The number of nitrogens with zero attached hydrogens (tertiary/aromatic N) is 1. The van der Waals surface area contributed by atoms with Gasteiger partial charge in [0.25, 0.3) is 5.56 Å². The van der Waals surface area contributed by atoms with Gasteiger partial charge in [-0.2, -0.15) is 0 Å². The molecule has 1 unspecified atom stereocenters. The van der Waals surface area contributed by atoms with E-state index in [-0.39, 0.29) is 50.1 Å². The third kappa shape index (κ3) is 10.3. The molecule has 30 heavy (non-hydrogen) atoms. The number of rotatable bonds is 14. The second kappa shape index (κ2) is 12.1. The zero-order valence-corrected chi connectivity index (χ0v) is 20.3. The van der Waals surface area contributed by atoms with Crippen LogP contribution in [0.3, 0.4) is 0 Å². The number of aromatic nitrogens is 2. The van der Waals surface area contributed by atoms with Gasteiger partial charge in [-0.15, -0.1) is 0 Å². The molecule has 0 saturated heterocycles. The van der Waals surface area contributed by atoms with Crippen molar-refractivity contribution in [1.29, 1.82) is 0 Å². The van der Waals surface area contributed by atoms with Crippen LogP contribution < -0.4 is 11.2 Å². The highest BCUT2D eigenvalue weighted by Gasteiger charge is 2.39. The first kappa shape index (κ1) is 27.0. The van der Waals surface area contributed by atoms with Crippen LogP contribution in [0.4, 0.5) is 0 Å². The fraction of sp³-hybridized carbons (Fsp3) is 0.778. The lowest BCUT2D eigenvalue weighted by molar-refractivity contribution is 0.134. The molecule has 0 amide bonds. The lowest BCUT2D eigenvalue weighted by Crippen LogP contribution is -2.29. The van der Waals surface area contributed by atoms with E-state index >= 15 is 0 Å². The lowest BCUT2D eigenvalue weighted by atomic mass is 10.5. The zero-order chi connectivity index (χ0) is 22.9. The van der Waals surface area contributed by atoms with Gasteiger partial charge in [-0.25, -0.2) is 4.79 Å². The minimum atomic E-state index is -3.65. The minimum Gasteiger partial charge on any atom is -0.379 e. The molecular weight excluding hydrogens is 434 g/mol. The number of ether oxygens (including phenoxy) is 1. The van der Waals surface area contributed by atoms with E-state index in [1.165, 1.54) is 16.8 Å². The molecule has 12 heteroatoms. The van der Waals surface area contributed by atoms with Gasteiger partial charge in [0.05, 0.1) is 38.1 Å². The first-order valence-electron chi connectivity index (χ1n) is 9.94. The van der Waals surface area contributed by atoms with Gasteiger partial charge < -0.3 is 18.3 Å². The van der Waals surface area contributed by atoms with Crippen molar-refractivity contribution < 1.29 is 27.4 Å². The molecule has 0 saturated carbocycles. The van der Waals surface area contributed by atoms with E-state index in [0.717, 1.165) is 0 Å². The summed E-state index contributed by atoms with van der Waals surface area (Å²) in [6.45, 7) is 10.9. The van der Waals surface area contributed by atoms with Crippen LogP contribution in [-0.2, 0) is 34.0 Å². The molecule has 0 bridgehead atoms. The van der Waals surface area contributed by atoms with E-state index < -0.39 is 26.2 Å². The van der Waals surface area contributed by atoms with Gasteiger partial charge in [-0.05, 0) is 41.5 Å². The zero-order valence-electron chi connectivity index (χ0n) is 18.5. The molecule has 0 aliphatic heterocycles. The Morgan fingerprint density at radius 3 is 2.00 bits per heavy atom. The van der Waals surface area contributed by atoms with Gasteiger partial charge in [0.1, 0.15) is 5.90 Å². The Hall–Kier alpha value is -1.02. The Labute approximate surface area is 177 Å². The van der Waals surface area contributed by atoms with E-state index in [1.807, 2.05) is 0 Å². The van der Waals surface area contributed by atoms with Gasteiger partial charge in [-0.1, -0.05) is 0 Å². The average molecular weight is 468 g/mol. The number of H-pyrrole nitrogens is 1. The maximum Gasteiger partial charge on any atom is 0.340 e. The first-order chi connectivity index (χ1) is 13.8. The Morgan fingerprint density at radius 2 is 1.50 bits per heavy atom. The van der Waals surface area contributed by atoms with Crippen LogP contribution in [0.15, 0.2) is 21.9 Å². The van der Waals surface area contributed by atoms with E-state index in [9.17, 15) is 18.7 Å². The van der Waals surface area contributed by atoms with E-state index in [2.05, 4.69) is 4.98 Å². The molecule has 0 spiro atoms. The molecule has 0 fully saturated rings. The number of hydrogen-bond donors (Lipinski definition) is 1. The summed E-state index contributed by atoms with van der Waals surface area (Å²) in [5.74, 6) is -0.336. The highest BCUT2D eigenvalue weighted by molar-refractivity contribution is 7.74. The van der Waals surface area contributed by atoms with Crippen molar-refractivity contribution in [2.75, 3.05) is 25.3 Å². The van der Waals surface area contributed by atoms with Crippen molar-refractivity contribution in [3.05, 3.63) is 33.1 Å². The number of aromatic amines is 1. The normalized spacial score (nSPS) is 14.6. The molecule has 1 heterocycles. The SMILES string of the molecule is CC(C)OP(=O)(CCOCCn1ccc(=O)[nH]c1=O)CP(=O)(OC(C)C)OC(C)C. The van der Waals surface area contributed by atoms with Crippen molar-refractivity contribution in [2.24, 2.45) is 0 Å². The highest BCUT2D eigenvalue weighted by Crippen LogP contribution is 2.64. The molecule has 1 aromatic heterocycles. The van der Waals surface area contributed by atoms with Gasteiger partial charge in [-0.3, -0.25) is 23.5 Å². The summed E-state index contributed by atoms with van der Waals surface area (Å²) in [6.07, 6.45) is 0.323. The van der Waals surface area contributed by atoms with Gasteiger partial charge in [0.2, 0.25) is 7.37 Å². The van der Waals surface area contributed by atoms with Crippen molar-refractivity contribution in [3.8, 4) is 0 Å². The van der Waals surface area contributed by atoms with E-state index in [1.54, 1.807) is 41.5 Å². The van der Waals surface area contributed by atoms with Crippen molar-refractivity contribution >= 4 is 15.0 Å². The molecule has 0 aliphatic rings. The summed E-state index contributed by atoms with van der Waals surface area (Å²) in [5, 5.41) is 0. The summed E-state index contributed by atoms with van der Waals surface area (Å²) in [7, 11) is -7.04. The largest absolute Gasteiger partial charge is 0.379 e. The van der Waals surface area contributed by atoms with Crippen LogP contribution in [-0.4, -0.2) is 53.1 Å². The topological polar surface area (TPSA) is 126 Å². The quantitative estimate of drug-likeness (QED) is 0.326. The molecule has 0 radical (unpaired) electrons. The van der Waals surface area contributed by atoms with Gasteiger partial charge >= 0.3 is 13.3 Å². The van der Waals surface area contributed by atoms with E-state index in [4.69, 9.17) is 18.3 Å². The summed E-state index contributed by atoms with van der Waals surface area (Å²) in [4.78, 5) is 24.9. The van der Waals surface area contributed by atoms with Crippen LogP contribution in [0.25, 0.3) is 0 Å². The minimum absolute atomic E-state index is 0.0264. The fourth-order valence-corrected chi connectivity index (χ4v) is 8.72. The lowest BCUT2D eigenvalue weighted by Gasteiger charge is -2.28. The predicted molar refractivity (Wildman–Crippen MR) is 116 cm³/mol. The maximum absolute atomic E-state index is 13.4. The molecule has 0 aliphatic carbocycles. The Kier molecular flexibility index (Phi) is 10.9. The smallest absolute Gasteiger partial charge is 0.340 e. The third-order valence-electron chi connectivity index (χ3n) is 3.48. The van der Waals surface area contributed by atoms with Crippen LogP contribution in [0.5, 0.6) is 0 Å². The van der Waals surface area contributed by atoms with E-state index in [0.29, 0.717) is 0 Å². The number of nitrogens with one attached hydrogen (secondary N) is 1. The third-order valence-corrected chi connectivity index (χ3v) is 9.75. The first-order valence-corrected chi connectivity index (χ1v) is 13.7. The number of hydrogen-bond acceptors (Lipinski definition) is 8. The van der Waals surface area contributed by atoms with Gasteiger partial charge in [0, 0.05) is 18.4 Å². The molecule has 1 rings (SSSR count). The van der Waals surface area contributed by atoms with Crippen LogP contribution in [0.2, 0.25) is 0 Å². The molecule has 1 aromatic rings. The highest BCUT2D eigenvalue weighted by atomic mass is 31.2. The monoisotopic (exact) mass is 468 g/mol. The second-order valence-corrected chi connectivity index (χ2v) is 12.7. The molecule has 0 aromatic carbocycles. The Bertz CT molecular complexity index is 848. The van der Waals surface area contributed by atoms with Crippen LogP contribution in [0.1, 0.15) is 41.5 Å². The molecular formula is C18H34N2O8P2. The maximum atomic E-state index is 13.4. The van der Waals surface area contributed by atoms with Gasteiger partial charge in [0.15, 0.2) is 0 Å². The Balaban J connectivity index is 2.74. The molecule has 1 N–H and O–H groups in total. The molecule has 1 atom stereocenters. The predicted octanol–water partition coefficient (Wildman–Crippen LogP) is 3.26. The molecule has 10 nitrogen and oxygen atoms in total. The van der Waals surface area contributed by atoms with Crippen LogP contribution >= 0.6 is 15.0 Å². The van der Waals surface area contributed by atoms with Crippen molar-refractivity contribution in [3.63, 3.8) is 0 Å². The van der Waals surface area contributed by atoms with Crippen molar-refractivity contribution in [2.45, 2.75) is 66.4 Å².